The van der Waals surface area contributed by atoms with Gasteiger partial charge in [0.05, 0.1) is 17.5 Å². The number of aryl methyl sites for hydroxylation is 1. The van der Waals surface area contributed by atoms with Crippen molar-refractivity contribution in [3.8, 4) is 5.75 Å². The number of sulfonamides is 1. The maximum Gasteiger partial charge on any atom is 0.264 e. The summed E-state index contributed by atoms with van der Waals surface area (Å²) in [5.74, 6) is 0.357. The van der Waals surface area contributed by atoms with Crippen molar-refractivity contribution in [2.24, 2.45) is 17.8 Å². The van der Waals surface area contributed by atoms with Crippen LogP contribution in [0, 0.1) is 17.8 Å². The number of allylic oxidation sites excluding steroid dienone is 1. The molecule has 1 fully saturated rings. The molecular weight excluding hydrogens is 710 g/mol. The average Bonchev–Trinajstić information content (AvgIpc) is 3.28. The first-order valence-electron chi connectivity index (χ1n) is 19.1. The Morgan fingerprint density at radius 1 is 1.11 bits per heavy atom. The Hall–Kier alpha value is -3.51. The SMILES string of the molecule is CO[C@]1(CN2CCc3ncncc3C2)/C=C/C[C@H](C)[C@@H](C)S(=O)(=O)NC(=O)c2ccc3c(c2)N(C[C@@H]2CC[C@H]21)C[C@@]1(CCCc2cc(Cl)ccc21)CO3. The molecule has 2 aliphatic carbocycles. The van der Waals surface area contributed by atoms with Crippen molar-refractivity contribution in [2.75, 3.05) is 44.8 Å². The van der Waals surface area contributed by atoms with Crippen LogP contribution in [-0.2, 0) is 39.6 Å². The Bertz CT molecular complexity index is 2030. The molecule has 4 heterocycles. The van der Waals surface area contributed by atoms with Gasteiger partial charge in [-0.2, -0.15) is 0 Å². The zero-order chi connectivity index (χ0) is 37.0. The summed E-state index contributed by atoms with van der Waals surface area (Å²) in [5.41, 5.74) is 5.03. The van der Waals surface area contributed by atoms with Gasteiger partial charge in [-0.15, -0.1) is 0 Å². The molecule has 0 saturated heterocycles. The lowest BCUT2D eigenvalue weighted by atomic mass is 9.63. The van der Waals surface area contributed by atoms with Gasteiger partial charge in [-0.3, -0.25) is 9.69 Å². The van der Waals surface area contributed by atoms with Gasteiger partial charge in [0.2, 0.25) is 10.0 Å². The fourth-order valence-electron chi connectivity index (χ4n) is 9.62. The molecule has 1 spiro atoms. The molecule has 2 bridgehead atoms. The van der Waals surface area contributed by atoms with E-state index < -0.39 is 26.8 Å². The van der Waals surface area contributed by atoms with Crippen LogP contribution in [0.5, 0.6) is 5.75 Å². The second-order valence-electron chi connectivity index (χ2n) is 16.1. The third-order valence-electron chi connectivity index (χ3n) is 13.0. The monoisotopic (exact) mass is 759 g/mol. The third-order valence-corrected chi connectivity index (χ3v) is 15.2. The van der Waals surface area contributed by atoms with Crippen molar-refractivity contribution in [3.63, 3.8) is 0 Å². The van der Waals surface area contributed by atoms with E-state index in [1.54, 1.807) is 19.3 Å². The summed E-state index contributed by atoms with van der Waals surface area (Å²) >= 11 is 6.50. The molecule has 282 valence electrons. The van der Waals surface area contributed by atoms with E-state index >= 15 is 0 Å². The third kappa shape index (κ3) is 6.87. The molecule has 6 atom stereocenters. The highest BCUT2D eigenvalue weighted by Gasteiger charge is 2.50. The van der Waals surface area contributed by atoms with Crippen molar-refractivity contribution < 1.29 is 22.7 Å². The zero-order valence-electron chi connectivity index (χ0n) is 30.9. The van der Waals surface area contributed by atoms with Crippen LogP contribution in [0.4, 0.5) is 5.69 Å². The van der Waals surface area contributed by atoms with Gasteiger partial charge in [-0.1, -0.05) is 36.7 Å². The van der Waals surface area contributed by atoms with Crippen molar-refractivity contribution in [1.82, 2.24) is 19.6 Å². The van der Waals surface area contributed by atoms with Crippen molar-refractivity contribution in [1.29, 1.82) is 0 Å². The summed E-state index contributed by atoms with van der Waals surface area (Å²) in [4.78, 5) is 27.4. The summed E-state index contributed by atoms with van der Waals surface area (Å²) in [6, 6.07) is 11.6. The minimum Gasteiger partial charge on any atom is -0.490 e. The quantitative estimate of drug-likeness (QED) is 0.316. The van der Waals surface area contributed by atoms with Gasteiger partial charge in [0, 0.05) is 79.7 Å². The Morgan fingerprint density at radius 3 is 2.79 bits per heavy atom. The van der Waals surface area contributed by atoms with E-state index in [-0.39, 0.29) is 17.3 Å². The number of hydrogen-bond acceptors (Lipinski definition) is 9. The molecule has 1 aromatic heterocycles. The number of ether oxygens (including phenoxy) is 2. The standard InChI is InChI=1S/C41H50ClN5O5S/c1-27-6-4-16-41(51-3,24-46-17-14-36-32(21-46)20-43-26-44-36)35-11-8-31(35)22-47-23-40(15-5-7-29-18-33(42)10-12-34(29)40)25-52-38-13-9-30(19-37(38)47)39(48)45-53(49,50)28(27)2/h4,9-10,12-13,16,18-20,26-28,31,35H,5-8,11,14-15,17,21-25H2,1-3H3,(H,45,48)/b16-4+/t27-,28+,31-,35+,40-,41-/m0/s1. The number of carbonyl (C=O) groups excluding carboxylic acids is 1. The zero-order valence-corrected chi connectivity index (χ0v) is 32.5. The maximum atomic E-state index is 13.7. The predicted octanol–water partition coefficient (Wildman–Crippen LogP) is 6.12. The lowest BCUT2D eigenvalue weighted by Crippen LogP contribution is -2.57. The van der Waals surface area contributed by atoms with Crippen LogP contribution in [0.25, 0.3) is 0 Å². The largest absolute Gasteiger partial charge is 0.490 e. The van der Waals surface area contributed by atoms with E-state index in [4.69, 9.17) is 21.1 Å². The van der Waals surface area contributed by atoms with E-state index in [9.17, 15) is 13.2 Å². The number of hydrogen-bond donors (Lipinski definition) is 1. The number of nitrogens with zero attached hydrogens (tertiary/aromatic N) is 4. The van der Waals surface area contributed by atoms with Crippen LogP contribution in [0.15, 0.2) is 61.1 Å². The summed E-state index contributed by atoms with van der Waals surface area (Å²) in [6.07, 6.45) is 14.3. The molecule has 1 amide bonds. The molecule has 1 saturated carbocycles. The van der Waals surface area contributed by atoms with Gasteiger partial charge in [0.15, 0.2) is 0 Å². The van der Waals surface area contributed by atoms with Gasteiger partial charge < -0.3 is 14.4 Å². The van der Waals surface area contributed by atoms with Gasteiger partial charge in [0.1, 0.15) is 17.7 Å². The summed E-state index contributed by atoms with van der Waals surface area (Å²) < 4.78 is 43.0. The summed E-state index contributed by atoms with van der Waals surface area (Å²) in [5, 5.41) is -0.0552. The molecule has 12 heteroatoms. The molecular formula is C41H50ClN5O5S. The lowest BCUT2D eigenvalue weighted by Gasteiger charge is -2.52. The molecule has 10 nitrogen and oxygen atoms in total. The Labute approximate surface area is 318 Å². The summed E-state index contributed by atoms with van der Waals surface area (Å²) in [7, 11) is -2.15. The topological polar surface area (TPSA) is 114 Å². The van der Waals surface area contributed by atoms with Gasteiger partial charge >= 0.3 is 0 Å². The molecule has 8 rings (SSSR count). The first kappa shape index (κ1) is 36.5. The lowest BCUT2D eigenvalue weighted by molar-refractivity contribution is -0.0932. The molecule has 53 heavy (non-hydrogen) atoms. The number of rotatable bonds is 3. The van der Waals surface area contributed by atoms with Crippen molar-refractivity contribution in [2.45, 2.75) is 81.6 Å². The van der Waals surface area contributed by atoms with Crippen molar-refractivity contribution in [3.05, 3.63) is 94.0 Å². The van der Waals surface area contributed by atoms with Gasteiger partial charge in [-0.05, 0) is 105 Å². The second kappa shape index (κ2) is 14.3. The maximum absolute atomic E-state index is 13.7. The second-order valence-corrected chi connectivity index (χ2v) is 18.6. The Balaban J connectivity index is 1.20. The fourth-order valence-corrected chi connectivity index (χ4v) is 11.1. The number of benzene rings is 2. The molecule has 1 N–H and O–H groups in total. The highest BCUT2D eigenvalue weighted by Crippen LogP contribution is 2.49. The number of aromatic nitrogens is 2. The fraction of sp³-hybridized carbons (Fsp3) is 0.537. The smallest absolute Gasteiger partial charge is 0.264 e. The molecule has 0 unspecified atom stereocenters. The van der Waals surface area contributed by atoms with Gasteiger partial charge in [0.25, 0.3) is 5.91 Å². The predicted molar refractivity (Wildman–Crippen MR) is 206 cm³/mol. The van der Waals surface area contributed by atoms with Crippen LogP contribution in [0.2, 0.25) is 5.02 Å². The van der Waals surface area contributed by atoms with E-state index in [0.29, 0.717) is 43.3 Å². The van der Waals surface area contributed by atoms with Crippen LogP contribution < -0.4 is 14.4 Å². The first-order valence-corrected chi connectivity index (χ1v) is 21.0. The van der Waals surface area contributed by atoms with Crippen LogP contribution >= 0.6 is 11.6 Å². The number of carbonyl (C=O) groups is 1. The van der Waals surface area contributed by atoms with E-state index in [1.165, 1.54) is 11.1 Å². The van der Waals surface area contributed by atoms with E-state index in [2.05, 4.69) is 48.8 Å². The molecule has 3 aromatic rings. The minimum absolute atomic E-state index is 0.217. The number of anilines is 1. The van der Waals surface area contributed by atoms with Crippen LogP contribution in [-0.4, -0.2) is 79.9 Å². The highest BCUT2D eigenvalue weighted by atomic mass is 35.5. The summed E-state index contributed by atoms with van der Waals surface area (Å²) in [6.45, 7) is 7.88. The molecule has 3 aliphatic heterocycles. The molecule has 0 radical (unpaired) electrons. The molecule has 5 aliphatic rings. The normalized spacial score (nSPS) is 31.8. The Kier molecular flexibility index (Phi) is 9.83. The molecule has 2 aromatic carbocycles. The number of fused-ring (bicyclic) bond motifs is 5. The van der Waals surface area contributed by atoms with Crippen LogP contribution in [0.1, 0.15) is 78.7 Å². The van der Waals surface area contributed by atoms with E-state index in [0.717, 1.165) is 80.1 Å². The van der Waals surface area contributed by atoms with Crippen LogP contribution in [0.3, 0.4) is 0 Å². The number of nitrogens with one attached hydrogen (secondary N) is 1. The minimum atomic E-state index is -3.97. The van der Waals surface area contributed by atoms with E-state index in [1.807, 2.05) is 38.4 Å². The first-order chi connectivity index (χ1) is 25.5. The highest BCUT2D eigenvalue weighted by molar-refractivity contribution is 7.90. The average molecular weight is 760 g/mol. The van der Waals surface area contributed by atoms with Crippen molar-refractivity contribution >= 4 is 33.2 Å². The van der Waals surface area contributed by atoms with Gasteiger partial charge in [-0.25, -0.2) is 23.1 Å². The Morgan fingerprint density at radius 2 is 1.98 bits per heavy atom. The number of methoxy groups -OCH3 is 1. The number of amides is 1. The number of halogens is 1.